The standard InChI is InChI=1S/C13H11Cl2FN2O3/c1-20-9-3-6-7(4-10(9)21-2)17-5-8(11(6)14)18-13(19)12(15)16/h3-5,12H,1-2H3,(H,18,19). The number of methoxy groups -OCH3 is 2. The number of carbonyl (C=O) groups excluding carboxylic acids is 1. The van der Waals surface area contributed by atoms with Crippen molar-refractivity contribution in [3.05, 3.63) is 23.4 Å². The maximum atomic E-state index is 12.7. The first kappa shape index (κ1) is 15.6. The minimum Gasteiger partial charge on any atom is -0.493 e. The molecule has 0 saturated heterocycles. The van der Waals surface area contributed by atoms with Gasteiger partial charge in [-0.3, -0.25) is 9.78 Å². The molecule has 0 saturated carbocycles. The van der Waals surface area contributed by atoms with E-state index >= 15 is 0 Å². The molecule has 2 aromatic rings. The topological polar surface area (TPSA) is 60.5 Å². The molecule has 1 N–H and O–H groups in total. The van der Waals surface area contributed by atoms with Crippen LogP contribution in [-0.4, -0.2) is 30.7 Å². The third-order valence-corrected chi connectivity index (χ3v) is 3.37. The number of hydrogen-bond acceptors (Lipinski definition) is 4. The molecule has 0 spiro atoms. The maximum Gasteiger partial charge on any atom is 0.274 e. The van der Waals surface area contributed by atoms with Gasteiger partial charge < -0.3 is 14.8 Å². The van der Waals surface area contributed by atoms with Crippen LogP contribution in [0.3, 0.4) is 0 Å². The predicted octanol–water partition coefficient (Wildman–Crippen LogP) is 3.38. The number of nitrogens with zero attached hydrogens (tertiary/aromatic N) is 1. The second-order valence-electron chi connectivity index (χ2n) is 4.00. The van der Waals surface area contributed by atoms with Crippen molar-refractivity contribution in [2.45, 2.75) is 5.63 Å². The Morgan fingerprint density at radius 1 is 1.33 bits per heavy atom. The number of hydrogen-bond donors (Lipinski definition) is 1. The van der Waals surface area contributed by atoms with Gasteiger partial charge in [0.25, 0.3) is 11.5 Å². The Morgan fingerprint density at radius 2 is 1.95 bits per heavy atom. The molecule has 1 unspecified atom stereocenters. The van der Waals surface area contributed by atoms with E-state index in [0.717, 1.165) is 0 Å². The Bertz CT molecular complexity index is 695. The van der Waals surface area contributed by atoms with E-state index in [2.05, 4.69) is 10.3 Å². The van der Waals surface area contributed by atoms with Crippen LogP contribution in [-0.2, 0) is 4.79 Å². The lowest BCUT2D eigenvalue weighted by Crippen LogP contribution is -2.19. The fraction of sp³-hybridized carbons (Fsp3) is 0.231. The van der Waals surface area contributed by atoms with Gasteiger partial charge in [0, 0.05) is 11.5 Å². The Morgan fingerprint density at radius 3 is 2.52 bits per heavy atom. The number of fused-ring (bicyclic) bond motifs is 1. The molecule has 1 aromatic carbocycles. The molecule has 21 heavy (non-hydrogen) atoms. The van der Waals surface area contributed by atoms with Crippen LogP contribution in [0.1, 0.15) is 0 Å². The van der Waals surface area contributed by atoms with E-state index < -0.39 is 11.5 Å². The Balaban J connectivity index is 2.53. The van der Waals surface area contributed by atoms with E-state index in [1.165, 1.54) is 20.4 Å². The fourth-order valence-electron chi connectivity index (χ4n) is 1.76. The first-order chi connectivity index (χ1) is 9.97. The molecular formula is C13H11Cl2FN2O3. The largest absolute Gasteiger partial charge is 0.493 e. The SMILES string of the molecule is COc1cc2ncc(NC(=O)C(F)Cl)c(Cl)c2cc1OC. The Labute approximate surface area is 130 Å². The van der Waals surface area contributed by atoms with E-state index in [0.29, 0.717) is 22.4 Å². The van der Waals surface area contributed by atoms with E-state index in [1.54, 1.807) is 12.1 Å². The first-order valence-corrected chi connectivity index (χ1v) is 6.58. The predicted molar refractivity (Wildman–Crippen MR) is 79.2 cm³/mol. The molecule has 0 fully saturated rings. The summed E-state index contributed by atoms with van der Waals surface area (Å²) in [5.41, 5.74) is -1.47. The van der Waals surface area contributed by atoms with Crippen LogP contribution in [0.15, 0.2) is 18.3 Å². The van der Waals surface area contributed by atoms with Crippen LogP contribution >= 0.6 is 23.2 Å². The summed E-state index contributed by atoms with van der Waals surface area (Å²) >= 11 is 11.3. The number of rotatable bonds is 4. The number of nitrogens with one attached hydrogen (secondary N) is 1. The van der Waals surface area contributed by atoms with Crippen LogP contribution in [0.5, 0.6) is 11.5 Å². The minimum atomic E-state index is -2.16. The Hall–Kier alpha value is -1.79. The van der Waals surface area contributed by atoms with Crippen molar-refractivity contribution in [1.82, 2.24) is 4.98 Å². The summed E-state index contributed by atoms with van der Waals surface area (Å²) in [6.07, 6.45) is 1.31. The molecule has 0 aliphatic carbocycles. The average molecular weight is 333 g/mol. The van der Waals surface area contributed by atoms with Crippen LogP contribution in [0.4, 0.5) is 10.1 Å². The van der Waals surface area contributed by atoms with Crippen molar-refractivity contribution in [2.75, 3.05) is 19.5 Å². The number of ether oxygens (including phenoxy) is 2. The highest BCUT2D eigenvalue weighted by atomic mass is 35.5. The number of benzene rings is 1. The summed E-state index contributed by atoms with van der Waals surface area (Å²) in [7, 11) is 2.99. The maximum absolute atomic E-state index is 12.7. The van der Waals surface area contributed by atoms with Gasteiger partial charge in [-0.1, -0.05) is 23.2 Å². The van der Waals surface area contributed by atoms with Gasteiger partial charge >= 0.3 is 0 Å². The fourth-order valence-corrected chi connectivity index (χ4v) is 2.06. The van der Waals surface area contributed by atoms with Gasteiger partial charge in [0.1, 0.15) is 0 Å². The van der Waals surface area contributed by atoms with E-state index in [-0.39, 0.29) is 10.7 Å². The van der Waals surface area contributed by atoms with E-state index in [1.807, 2.05) is 0 Å². The summed E-state index contributed by atoms with van der Waals surface area (Å²) in [5.74, 6) is -0.0620. The quantitative estimate of drug-likeness (QED) is 0.872. The number of carbonyl (C=O) groups is 1. The van der Waals surface area contributed by atoms with Crippen molar-refractivity contribution in [2.24, 2.45) is 0 Å². The summed E-state index contributed by atoms with van der Waals surface area (Å²) < 4.78 is 23.0. The molecule has 1 heterocycles. The van der Waals surface area contributed by atoms with E-state index in [9.17, 15) is 9.18 Å². The smallest absolute Gasteiger partial charge is 0.274 e. The van der Waals surface area contributed by atoms with Gasteiger partial charge in [0.05, 0.1) is 36.6 Å². The van der Waals surface area contributed by atoms with Gasteiger partial charge in [0.2, 0.25) is 0 Å². The van der Waals surface area contributed by atoms with Crippen molar-refractivity contribution >= 4 is 45.7 Å². The number of pyridine rings is 1. The molecular weight excluding hydrogens is 322 g/mol. The second-order valence-corrected chi connectivity index (χ2v) is 4.76. The zero-order chi connectivity index (χ0) is 15.6. The number of aromatic nitrogens is 1. The van der Waals surface area contributed by atoms with Gasteiger partial charge in [-0.2, -0.15) is 0 Å². The molecule has 2 rings (SSSR count). The zero-order valence-electron chi connectivity index (χ0n) is 11.1. The monoisotopic (exact) mass is 332 g/mol. The molecule has 5 nitrogen and oxygen atoms in total. The molecule has 1 atom stereocenters. The van der Waals surface area contributed by atoms with Gasteiger partial charge in [0.15, 0.2) is 11.5 Å². The molecule has 8 heteroatoms. The van der Waals surface area contributed by atoms with Crippen molar-refractivity contribution < 1.29 is 18.7 Å². The van der Waals surface area contributed by atoms with Crippen LogP contribution in [0, 0.1) is 0 Å². The molecule has 0 bridgehead atoms. The average Bonchev–Trinajstić information content (AvgIpc) is 2.48. The van der Waals surface area contributed by atoms with Crippen LogP contribution in [0.2, 0.25) is 5.02 Å². The van der Waals surface area contributed by atoms with Gasteiger partial charge in [-0.25, -0.2) is 4.39 Å². The van der Waals surface area contributed by atoms with Gasteiger partial charge in [-0.05, 0) is 6.07 Å². The highest BCUT2D eigenvalue weighted by Gasteiger charge is 2.17. The zero-order valence-corrected chi connectivity index (χ0v) is 12.6. The Kier molecular flexibility index (Phi) is 4.69. The molecule has 0 aliphatic rings. The summed E-state index contributed by atoms with van der Waals surface area (Å²) in [6, 6.07) is 3.26. The van der Waals surface area contributed by atoms with Crippen molar-refractivity contribution in [3.8, 4) is 11.5 Å². The number of alkyl halides is 2. The lowest BCUT2D eigenvalue weighted by molar-refractivity contribution is -0.118. The molecule has 1 aromatic heterocycles. The molecule has 112 valence electrons. The molecule has 1 amide bonds. The van der Waals surface area contributed by atoms with E-state index in [4.69, 9.17) is 32.7 Å². The third-order valence-electron chi connectivity index (χ3n) is 2.76. The summed E-state index contributed by atoms with van der Waals surface area (Å²) in [6.45, 7) is 0. The highest BCUT2D eigenvalue weighted by molar-refractivity contribution is 6.39. The number of amides is 1. The molecule has 0 aliphatic heterocycles. The minimum absolute atomic E-state index is 0.157. The number of halogens is 3. The van der Waals surface area contributed by atoms with Crippen molar-refractivity contribution in [3.63, 3.8) is 0 Å². The summed E-state index contributed by atoms with van der Waals surface area (Å²) in [5, 5.41) is 2.98. The summed E-state index contributed by atoms with van der Waals surface area (Å²) in [4.78, 5) is 15.4. The highest BCUT2D eigenvalue weighted by Crippen LogP contribution is 2.37. The van der Waals surface area contributed by atoms with Gasteiger partial charge in [-0.15, -0.1) is 0 Å². The second kappa shape index (κ2) is 6.32. The number of anilines is 1. The third kappa shape index (κ3) is 3.11. The lowest BCUT2D eigenvalue weighted by Gasteiger charge is -2.12. The van der Waals surface area contributed by atoms with Crippen molar-refractivity contribution in [1.29, 1.82) is 0 Å². The lowest BCUT2D eigenvalue weighted by atomic mass is 10.2. The molecule has 0 radical (unpaired) electrons. The normalized spacial score (nSPS) is 12.0. The van der Waals surface area contributed by atoms with Crippen LogP contribution in [0.25, 0.3) is 10.9 Å². The van der Waals surface area contributed by atoms with Crippen LogP contribution < -0.4 is 14.8 Å². The first-order valence-electron chi connectivity index (χ1n) is 5.77.